The van der Waals surface area contributed by atoms with Gasteiger partial charge in [-0.05, 0) is 37.6 Å². The molecule has 1 heterocycles. The summed E-state index contributed by atoms with van der Waals surface area (Å²) in [5, 5.41) is 6.38. The molecule has 0 aliphatic carbocycles. The van der Waals surface area contributed by atoms with Crippen LogP contribution >= 0.6 is 23.4 Å². The van der Waals surface area contributed by atoms with Crippen molar-refractivity contribution in [3.05, 3.63) is 46.6 Å². The number of hydrogen-bond donors (Lipinski definition) is 1. The first-order valence-corrected chi connectivity index (χ1v) is 7.41. The van der Waals surface area contributed by atoms with E-state index < -0.39 is 0 Å². The Hall–Kier alpha value is -0.970. The van der Waals surface area contributed by atoms with Crippen LogP contribution in [0.25, 0.3) is 0 Å². The van der Waals surface area contributed by atoms with Gasteiger partial charge in [-0.15, -0.1) is 0 Å². The molecule has 0 radical (unpaired) electrons. The van der Waals surface area contributed by atoms with Gasteiger partial charge < -0.3 is 5.73 Å². The van der Waals surface area contributed by atoms with Crippen molar-refractivity contribution in [2.24, 2.45) is 12.8 Å². The number of hydrogen-bond acceptors (Lipinski definition) is 3. The van der Waals surface area contributed by atoms with Gasteiger partial charge in [-0.3, -0.25) is 4.68 Å². The van der Waals surface area contributed by atoms with Crippen LogP contribution in [0.5, 0.6) is 0 Å². The molecule has 0 fully saturated rings. The summed E-state index contributed by atoms with van der Waals surface area (Å²) in [4.78, 5) is 0. The van der Waals surface area contributed by atoms with E-state index in [1.807, 2.05) is 43.8 Å². The van der Waals surface area contributed by atoms with Crippen LogP contribution in [0.3, 0.4) is 0 Å². The van der Waals surface area contributed by atoms with Crippen LogP contribution < -0.4 is 5.73 Å². The molecule has 19 heavy (non-hydrogen) atoms. The zero-order valence-electron chi connectivity index (χ0n) is 11.3. The molecule has 5 heteroatoms. The molecule has 0 aliphatic rings. The molecule has 2 aromatic rings. The zero-order valence-corrected chi connectivity index (χ0v) is 12.9. The lowest BCUT2D eigenvalue weighted by Gasteiger charge is -2.20. The van der Waals surface area contributed by atoms with Gasteiger partial charge in [-0.1, -0.05) is 35.5 Å². The predicted octanol–water partition coefficient (Wildman–Crippen LogP) is 3.56. The highest BCUT2D eigenvalue weighted by atomic mass is 35.5. The van der Waals surface area contributed by atoms with Crippen LogP contribution in [-0.2, 0) is 7.05 Å². The van der Waals surface area contributed by atoms with E-state index in [0.717, 1.165) is 21.3 Å². The Bertz CT molecular complexity index is 566. The van der Waals surface area contributed by atoms with Crippen molar-refractivity contribution < 1.29 is 0 Å². The van der Waals surface area contributed by atoms with Crippen LogP contribution in [0.4, 0.5) is 0 Å². The second-order valence-electron chi connectivity index (χ2n) is 4.70. The standard InChI is InChI=1S/C14H18ClN3S/c1-9-7-13(18(3)17-9)19-14(10(2)16)11-5-4-6-12(15)8-11/h4-8,10,14H,16H2,1-3H3. The van der Waals surface area contributed by atoms with Crippen molar-refractivity contribution in [2.45, 2.75) is 30.2 Å². The lowest BCUT2D eigenvalue weighted by atomic mass is 10.1. The molecule has 2 N–H and O–H groups in total. The van der Waals surface area contributed by atoms with Crippen LogP contribution in [-0.4, -0.2) is 15.8 Å². The third kappa shape index (κ3) is 3.53. The van der Waals surface area contributed by atoms with E-state index in [4.69, 9.17) is 17.3 Å². The van der Waals surface area contributed by atoms with Crippen molar-refractivity contribution in [3.63, 3.8) is 0 Å². The van der Waals surface area contributed by atoms with Crippen molar-refractivity contribution in [1.29, 1.82) is 0 Å². The highest BCUT2D eigenvalue weighted by molar-refractivity contribution is 7.99. The molecule has 2 unspecified atom stereocenters. The topological polar surface area (TPSA) is 43.8 Å². The van der Waals surface area contributed by atoms with E-state index in [9.17, 15) is 0 Å². The van der Waals surface area contributed by atoms with Gasteiger partial charge in [0.15, 0.2) is 0 Å². The maximum atomic E-state index is 6.13. The van der Waals surface area contributed by atoms with Crippen LogP contribution in [0.2, 0.25) is 5.02 Å². The Morgan fingerprint density at radius 3 is 2.63 bits per heavy atom. The number of benzene rings is 1. The Balaban J connectivity index is 2.29. The Morgan fingerprint density at radius 1 is 1.37 bits per heavy atom. The number of aryl methyl sites for hydroxylation is 2. The van der Waals surface area contributed by atoms with E-state index in [1.165, 1.54) is 0 Å². The number of aromatic nitrogens is 2. The monoisotopic (exact) mass is 295 g/mol. The van der Waals surface area contributed by atoms with Gasteiger partial charge in [0.25, 0.3) is 0 Å². The van der Waals surface area contributed by atoms with E-state index in [0.29, 0.717) is 0 Å². The Morgan fingerprint density at radius 2 is 2.11 bits per heavy atom. The Kier molecular flexibility index (Phi) is 4.55. The quantitative estimate of drug-likeness (QED) is 0.877. The lowest BCUT2D eigenvalue weighted by Crippen LogP contribution is -2.22. The molecule has 2 rings (SSSR count). The summed E-state index contributed by atoms with van der Waals surface area (Å²) in [6.07, 6.45) is 0. The highest BCUT2D eigenvalue weighted by Gasteiger charge is 2.20. The number of rotatable bonds is 4. The molecule has 0 bridgehead atoms. The van der Waals surface area contributed by atoms with Crippen LogP contribution in [0.15, 0.2) is 35.4 Å². The summed E-state index contributed by atoms with van der Waals surface area (Å²) in [5.41, 5.74) is 8.29. The average molecular weight is 296 g/mol. The first-order valence-electron chi connectivity index (χ1n) is 6.15. The Labute approximate surface area is 123 Å². The molecule has 0 saturated heterocycles. The van der Waals surface area contributed by atoms with Gasteiger partial charge in [-0.2, -0.15) is 5.10 Å². The predicted molar refractivity (Wildman–Crippen MR) is 81.6 cm³/mol. The van der Waals surface area contributed by atoms with Crippen molar-refractivity contribution >= 4 is 23.4 Å². The fraction of sp³-hybridized carbons (Fsp3) is 0.357. The summed E-state index contributed by atoms with van der Waals surface area (Å²) >= 11 is 7.79. The maximum Gasteiger partial charge on any atom is 0.0945 e. The number of thioether (sulfide) groups is 1. The largest absolute Gasteiger partial charge is 0.327 e. The normalized spacial score (nSPS) is 14.4. The van der Waals surface area contributed by atoms with Crippen LogP contribution in [0, 0.1) is 6.92 Å². The molecule has 1 aromatic carbocycles. The van der Waals surface area contributed by atoms with Gasteiger partial charge >= 0.3 is 0 Å². The molecule has 0 amide bonds. The molecule has 0 saturated carbocycles. The van der Waals surface area contributed by atoms with Gasteiger partial charge in [0.1, 0.15) is 0 Å². The first-order chi connectivity index (χ1) is 8.97. The average Bonchev–Trinajstić information content (AvgIpc) is 2.64. The van der Waals surface area contributed by atoms with Crippen molar-refractivity contribution in [2.75, 3.05) is 0 Å². The molecule has 3 nitrogen and oxygen atoms in total. The fourth-order valence-electron chi connectivity index (χ4n) is 1.99. The smallest absolute Gasteiger partial charge is 0.0945 e. The van der Waals surface area contributed by atoms with Gasteiger partial charge in [-0.25, -0.2) is 0 Å². The van der Waals surface area contributed by atoms with Crippen LogP contribution in [0.1, 0.15) is 23.4 Å². The molecule has 1 aromatic heterocycles. The lowest BCUT2D eigenvalue weighted by molar-refractivity contribution is 0.680. The van der Waals surface area contributed by atoms with Gasteiger partial charge in [0.05, 0.1) is 16.0 Å². The van der Waals surface area contributed by atoms with E-state index >= 15 is 0 Å². The van der Waals surface area contributed by atoms with E-state index in [2.05, 4.69) is 17.2 Å². The number of halogens is 1. The SMILES string of the molecule is Cc1cc(SC(c2cccc(Cl)c2)C(C)N)n(C)n1. The number of nitrogens with zero attached hydrogens (tertiary/aromatic N) is 2. The van der Waals surface area contributed by atoms with Crippen molar-refractivity contribution in [3.8, 4) is 0 Å². The molecular weight excluding hydrogens is 278 g/mol. The summed E-state index contributed by atoms with van der Waals surface area (Å²) in [6, 6.07) is 9.98. The van der Waals surface area contributed by atoms with E-state index in [-0.39, 0.29) is 11.3 Å². The molecule has 0 aliphatic heterocycles. The minimum atomic E-state index is 0.0265. The fourth-order valence-corrected chi connectivity index (χ4v) is 3.38. The molecule has 2 atom stereocenters. The first kappa shape index (κ1) is 14.4. The summed E-state index contributed by atoms with van der Waals surface area (Å²) in [5.74, 6) is 0. The molecule has 0 spiro atoms. The van der Waals surface area contributed by atoms with Gasteiger partial charge in [0, 0.05) is 18.1 Å². The summed E-state index contributed by atoms with van der Waals surface area (Å²) in [6.45, 7) is 4.01. The van der Waals surface area contributed by atoms with Crippen molar-refractivity contribution in [1.82, 2.24) is 9.78 Å². The summed E-state index contributed by atoms with van der Waals surface area (Å²) in [7, 11) is 1.95. The van der Waals surface area contributed by atoms with E-state index in [1.54, 1.807) is 11.8 Å². The highest BCUT2D eigenvalue weighted by Crippen LogP contribution is 2.37. The number of nitrogens with two attached hydrogens (primary N) is 1. The second kappa shape index (κ2) is 5.99. The second-order valence-corrected chi connectivity index (χ2v) is 6.30. The minimum Gasteiger partial charge on any atom is -0.327 e. The zero-order chi connectivity index (χ0) is 14.0. The molecular formula is C14H18ClN3S. The third-order valence-corrected chi connectivity index (χ3v) is 4.68. The summed E-state index contributed by atoms with van der Waals surface area (Å²) < 4.78 is 1.89. The third-order valence-electron chi connectivity index (χ3n) is 2.86. The minimum absolute atomic E-state index is 0.0265. The maximum absolute atomic E-state index is 6.13. The molecule has 102 valence electrons. The van der Waals surface area contributed by atoms with Gasteiger partial charge in [0.2, 0.25) is 0 Å².